The van der Waals surface area contributed by atoms with Gasteiger partial charge in [-0.1, -0.05) is 13.3 Å². The summed E-state index contributed by atoms with van der Waals surface area (Å²) in [4.78, 5) is 21.0. The first-order chi connectivity index (χ1) is 14.9. The molecule has 2 heterocycles. The molecule has 0 bridgehead atoms. The Morgan fingerprint density at radius 2 is 2.13 bits per heavy atom. The zero-order chi connectivity index (χ0) is 22.0. The Balaban J connectivity index is 1.46. The number of carbonyl (C=O) groups is 1. The van der Waals surface area contributed by atoms with E-state index in [1.54, 1.807) is 0 Å². The van der Waals surface area contributed by atoms with E-state index in [1.807, 2.05) is 37.5 Å². The van der Waals surface area contributed by atoms with E-state index in [4.69, 9.17) is 10.5 Å². The number of hydrogen-bond acceptors (Lipinski definition) is 6. The number of carbonyl (C=O) groups excluding carboxylic acids is 1. The summed E-state index contributed by atoms with van der Waals surface area (Å²) in [5.41, 5.74) is 7.75. The molecule has 0 saturated heterocycles. The largest absolute Gasteiger partial charge is 0.465 e. The monoisotopic (exact) mass is 441 g/mol. The summed E-state index contributed by atoms with van der Waals surface area (Å²) in [7, 11) is 0. The van der Waals surface area contributed by atoms with Crippen molar-refractivity contribution in [3.8, 4) is 10.4 Å². The van der Waals surface area contributed by atoms with E-state index in [0.29, 0.717) is 17.3 Å². The van der Waals surface area contributed by atoms with Gasteiger partial charge in [0.1, 0.15) is 10.6 Å². The van der Waals surface area contributed by atoms with E-state index < -0.39 is 5.60 Å². The molecule has 0 spiro atoms. The SMILES string of the molecule is CCCCOC(=O)[C@H]1CC[C@H]([C@@](C)(O)c2ncc(-c3cc(N)cc4[nH]ccc34)s2)CC1. The van der Waals surface area contributed by atoms with Gasteiger partial charge in [-0.2, -0.15) is 0 Å². The van der Waals surface area contributed by atoms with Crippen molar-refractivity contribution in [2.24, 2.45) is 11.8 Å². The Hall–Kier alpha value is -2.38. The Morgan fingerprint density at radius 1 is 1.35 bits per heavy atom. The van der Waals surface area contributed by atoms with Gasteiger partial charge in [0, 0.05) is 34.5 Å². The van der Waals surface area contributed by atoms with Crippen molar-refractivity contribution >= 4 is 33.9 Å². The van der Waals surface area contributed by atoms with Gasteiger partial charge in [-0.05, 0) is 63.1 Å². The van der Waals surface area contributed by atoms with Crippen LogP contribution in [0.15, 0.2) is 30.6 Å². The number of ether oxygens (including phenoxy) is 1. The first-order valence-corrected chi connectivity index (χ1v) is 11.9. The van der Waals surface area contributed by atoms with Gasteiger partial charge in [0.25, 0.3) is 0 Å². The van der Waals surface area contributed by atoms with Crippen LogP contribution in [-0.2, 0) is 15.1 Å². The molecule has 4 N–H and O–H groups in total. The highest BCUT2D eigenvalue weighted by molar-refractivity contribution is 7.15. The van der Waals surface area contributed by atoms with Gasteiger partial charge in [0.05, 0.1) is 17.4 Å². The van der Waals surface area contributed by atoms with Crippen molar-refractivity contribution in [3.63, 3.8) is 0 Å². The zero-order valence-corrected chi connectivity index (χ0v) is 19.0. The first kappa shape index (κ1) is 21.8. The second-order valence-corrected chi connectivity index (χ2v) is 9.78. The van der Waals surface area contributed by atoms with Crippen molar-refractivity contribution in [3.05, 3.63) is 35.6 Å². The third kappa shape index (κ3) is 4.48. The van der Waals surface area contributed by atoms with Crippen molar-refractivity contribution in [1.82, 2.24) is 9.97 Å². The molecule has 0 unspecified atom stereocenters. The Kier molecular flexibility index (Phi) is 6.34. The highest BCUT2D eigenvalue weighted by atomic mass is 32.1. The molecule has 7 heteroatoms. The highest BCUT2D eigenvalue weighted by Gasteiger charge is 2.40. The number of aromatic amines is 1. The Labute approximate surface area is 186 Å². The number of esters is 1. The van der Waals surface area contributed by atoms with Gasteiger partial charge < -0.3 is 20.6 Å². The molecule has 2 aromatic heterocycles. The molecule has 1 fully saturated rings. The Morgan fingerprint density at radius 3 is 2.87 bits per heavy atom. The number of hydrogen-bond donors (Lipinski definition) is 3. The standard InChI is InChI=1S/C24H31N3O3S/c1-3-4-11-30-22(28)15-5-7-16(8-6-15)24(2,29)23-27-14-21(31-23)19-12-17(25)13-20-18(19)9-10-26-20/h9-10,12-16,26,29H,3-8,11,25H2,1-2H3/t15-,16-,24-/m1/s1. The highest BCUT2D eigenvalue weighted by Crippen LogP contribution is 2.44. The summed E-state index contributed by atoms with van der Waals surface area (Å²) in [6, 6.07) is 5.91. The number of nitrogens with one attached hydrogen (secondary N) is 1. The number of benzene rings is 1. The van der Waals surface area contributed by atoms with E-state index in [1.165, 1.54) is 11.3 Å². The number of rotatable bonds is 7. The molecule has 1 aliphatic rings. The van der Waals surface area contributed by atoms with E-state index in [9.17, 15) is 9.90 Å². The lowest BCUT2D eigenvalue weighted by Gasteiger charge is -2.36. The maximum absolute atomic E-state index is 12.3. The number of nitrogens with zero attached hydrogens (tertiary/aromatic N) is 1. The molecular formula is C24H31N3O3S. The van der Waals surface area contributed by atoms with Gasteiger partial charge in [-0.15, -0.1) is 11.3 Å². The number of anilines is 1. The average Bonchev–Trinajstić information content (AvgIpc) is 3.43. The number of nitrogens with two attached hydrogens (primary N) is 1. The van der Waals surface area contributed by atoms with Crippen molar-refractivity contribution < 1.29 is 14.6 Å². The zero-order valence-electron chi connectivity index (χ0n) is 18.2. The quantitative estimate of drug-likeness (QED) is 0.265. The number of aromatic nitrogens is 2. The fraction of sp³-hybridized carbons (Fsp3) is 0.500. The minimum Gasteiger partial charge on any atom is -0.465 e. The lowest BCUT2D eigenvalue weighted by Crippen LogP contribution is -2.36. The van der Waals surface area contributed by atoms with E-state index in [0.717, 1.165) is 59.9 Å². The average molecular weight is 442 g/mol. The summed E-state index contributed by atoms with van der Waals surface area (Å²) in [5, 5.41) is 13.2. The third-order valence-electron chi connectivity index (χ3n) is 6.49. The van der Waals surface area contributed by atoms with E-state index in [-0.39, 0.29) is 17.8 Å². The lowest BCUT2D eigenvalue weighted by molar-refractivity contribution is -0.151. The van der Waals surface area contributed by atoms with Gasteiger partial charge >= 0.3 is 5.97 Å². The van der Waals surface area contributed by atoms with Crippen LogP contribution in [-0.4, -0.2) is 27.7 Å². The van der Waals surface area contributed by atoms with E-state index >= 15 is 0 Å². The summed E-state index contributed by atoms with van der Waals surface area (Å²) in [6.45, 7) is 4.44. The smallest absolute Gasteiger partial charge is 0.308 e. The van der Waals surface area contributed by atoms with Gasteiger partial charge in [-0.25, -0.2) is 4.98 Å². The number of H-pyrrole nitrogens is 1. The van der Waals surface area contributed by atoms with Crippen LogP contribution in [0.2, 0.25) is 0 Å². The Bertz CT molecular complexity index is 1050. The fourth-order valence-electron chi connectivity index (χ4n) is 4.53. The molecule has 0 amide bonds. The van der Waals surface area contributed by atoms with Crippen LogP contribution in [0.3, 0.4) is 0 Å². The normalized spacial score (nSPS) is 21.1. The van der Waals surface area contributed by atoms with E-state index in [2.05, 4.69) is 16.9 Å². The summed E-state index contributed by atoms with van der Waals surface area (Å²) < 4.78 is 5.39. The molecule has 1 aromatic carbocycles. The fourth-order valence-corrected chi connectivity index (χ4v) is 5.60. The molecule has 3 aromatic rings. The predicted molar refractivity (Wildman–Crippen MR) is 125 cm³/mol. The molecule has 0 radical (unpaired) electrons. The summed E-state index contributed by atoms with van der Waals surface area (Å²) in [5.74, 6) is -0.0653. The molecule has 1 saturated carbocycles. The van der Waals surface area contributed by atoms with Crippen molar-refractivity contribution in [2.75, 3.05) is 12.3 Å². The molecule has 1 atom stereocenters. The number of nitrogen functional groups attached to an aromatic ring is 1. The molecule has 6 nitrogen and oxygen atoms in total. The minimum absolute atomic E-state index is 0.0510. The third-order valence-corrected chi connectivity index (χ3v) is 7.75. The van der Waals surface area contributed by atoms with Crippen LogP contribution in [0.4, 0.5) is 5.69 Å². The maximum Gasteiger partial charge on any atom is 0.308 e. The number of fused-ring (bicyclic) bond motifs is 1. The van der Waals surface area contributed by atoms with Crippen LogP contribution < -0.4 is 5.73 Å². The van der Waals surface area contributed by atoms with Gasteiger partial charge in [0.2, 0.25) is 0 Å². The number of thiazole rings is 1. The molecule has 0 aliphatic heterocycles. The molecule has 4 rings (SSSR count). The van der Waals surface area contributed by atoms with Gasteiger partial charge in [-0.3, -0.25) is 4.79 Å². The second kappa shape index (κ2) is 9.01. The first-order valence-electron chi connectivity index (χ1n) is 11.1. The predicted octanol–water partition coefficient (Wildman–Crippen LogP) is 5.23. The summed E-state index contributed by atoms with van der Waals surface area (Å²) >= 11 is 1.51. The topological polar surface area (TPSA) is 101 Å². The lowest BCUT2D eigenvalue weighted by atomic mass is 9.74. The number of unbranched alkanes of at least 4 members (excludes halogenated alkanes) is 1. The van der Waals surface area contributed by atoms with Crippen LogP contribution in [0.25, 0.3) is 21.3 Å². The second-order valence-electron chi connectivity index (χ2n) is 8.75. The molecule has 166 valence electrons. The van der Waals surface area contributed by atoms with Crippen LogP contribution >= 0.6 is 11.3 Å². The van der Waals surface area contributed by atoms with Gasteiger partial charge in [0.15, 0.2) is 0 Å². The van der Waals surface area contributed by atoms with Crippen LogP contribution in [0.5, 0.6) is 0 Å². The van der Waals surface area contributed by atoms with Crippen molar-refractivity contribution in [2.45, 2.75) is 58.0 Å². The molecular weight excluding hydrogens is 410 g/mol. The van der Waals surface area contributed by atoms with Crippen molar-refractivity contribution in [1.29, 1.82) is 0 Å². The number of aliphatic hydroxyl groups is 1. The molecule has 31 heavy (non-hydrogen) atoms. The summed E-state index contributed by atoms with van der Waals surface area (Å²) in [6.07, 6.45) is 8.73. The van der Waals surface area contributed by atoms with Crippen LogP contribution in [0.1, 0.15) is 57.4 Å². The molecule has 1 aliphatic carbocycles. The minimum atomic E-state index is -1.03. The van der Waals surface area contributed by atoms with Crippen LogP contribution in [0, 0.1) is 11.8 Å². The maximum atomic E-state index is 12.3.